The molecule has 0 spiro atoms. The van der Waals surface area contributed by atoms with Crippen LogP contribution in [0.5, 0.6) is 11.6 Å². The van der Waals surface area contributed by atoms with E-state index in [2.05, 4.69) is 31.2 Å². The standard InChI is InChI=1S/C17H21BrN4O6S/c1-5-28-17-14(27-3)7-6-12(21-17)13(9-29(4,25)26)20-16-15(22(23)24)10(2)11(18)8-19-16/h6-8,13H,5,9H2,1-4H3,(H,19,20)/t13-/m1/s1. The van der Waals surface area contributed by atoms with E-state index in [-0.39, 0.29) is 23.1 Å². The van der Waals surface area contributed by atoms with E-state index in [1.807, 2.05) is 0 Å². The summed E-state index contributed by atoms with van der Waals surface area (Å²) in [5.74, 6) is 0.172. The number of nitrogens with one attached hydrogen (secondary N) is 1. The van der Waals surface area contributed by atoms with Gasteiger partial charge in [0.25, 0.3) is 5.88 Å². The summed E-state index contributed by atoms with van der Waals surface area (Å²) in [4.78, 5) is 19.4. The minimum Gasteiger partial charge on any atom is -0.491 e. The second-order valence-electron chi connectivity index (χ2n) is 6.15. The summed E-state index contributed by atoms with van der Waals surface area (Å²) in [7, 11) is -2.00. The molecule has 158 valence electrons. The molecule has 0 aliphatic heterocycles. The lowest BCUT2D eigenvalue weighted by Crippen LogP contribution is -2.23. The smallest absolute Gasteiger partial charge is 0.315 e. The number of halogens is 1. The Kier molecular flexibility index (Phi) is 7.36. The number of methoxy groups -OCH3 is 1. The Morgan fingerprint density at radius 2 is 2.07 bits per heavy atom. The van der Waals surface area contributed by atoms with Crippen molar-refractivity contribution in [2.24, 2.45) is 0 Å². The maximum absolute atomic E-state index is 12.0. The van der Waals surface area contributed by atoms with Crippen LogP contribution >= 0.6 is 15.9 Å². The molecule has 2 rings (SSSR count). The second-order valence-corrected chi connectivity index (χ2v) is 9.19. The molecule has 2 aromatic rings. The van der Waals surface area contributed by atoms with Crippen molar-refractivity contribution >= 4 is 37.3 Å². The van der Waals surface area contributed by atoms with Gasteiger partial charge in [0.1, 0.15) is 9.84 Å². The van der Waals surface area contributed by atoms with E-state index in [1.54, 1.807) is 26.0 Å². The number of hydrogen-bond acceptors (Lipinski definition) is 9. The number of rotatable bonds is 9. The third kappa shape index (κ3) is 5.76. The van der Waals surface area contributed by atoms with Crippen molar-refractivity contribution in [3.63, 3.8) is 0 Å². The zero-order chi connectivity index (χ0) is 21.8. The van der Waals surface area contributed by atoms with E-state index in [1.165, 1.54) is 13.3 Å². The van der Waals surface area contributed by atoms with Gasteiger partial charge in [-0.2, -0.15) is 0 Å². The maximum atomic E-state index is 12.0. The van der Waals surface area contributed by atoms with Gasteiger partial charge in [-0.05, 0) is 41.9 Å². The molecule has 0 bridgehead atoms. The third-order valence-electron chi connectivity index (χ3n) is 3.91. The fourth-order valence-corrected chi connectivity index (χ4v) is 3.75. The van der Waals surface area contributed by atoms with Gasteiger partial charge >= 0.3 is 5.69 Å². The van der Waals surface area contributed by atoms with Crippen molar-refractivity contribution in [3.05, 3.63) is 44.2 Å². The van der Waals surface area contributed by atoms with Gasteiger partial charge in [0, 0.05) is 22.5 Å². The van der Waals surface area contributed by atoms with Gasteiger partial charge in [-0.25, -0.2) is 18.4 Å². The van der Waals surface area contributed by atoms with E-state index in [4.69, 9.17) is 9.47 Å². The Labute approximate surface area is 176 Å². The quantitative estimate of drug-likeness (QED) is 0.417. The van der Waals surface area contributed by atoms with E-state index in [0.717, 1.165) is 6.26 Å². The molecule has 0 fully saturated rings. The van der Waals surface area contributed by atoms with Crippen LogP contribution in [0, 0.1) is 17.0 Å². The van der Waals surface area contributed by atoms with Crippen LogP contribution in [0.15, 0.2) is 22.8 Å². The molecule has 29 heavy (non-hydrogen) atoms. The van der Waals surface area contributed by atoms with Gasteiger partial charge in [-0.15, -0.1) is 0 Å². The molecule has 0 unspecified atom stereocenters. The molecule has 0 saturated carbocycles. The number of nitro groups is 1. The first-order chi connectivity index (χ1) is 13.6. The van der Waals surface area contributed by atoms with Crippen molar-refractivity contribution in [1.82, 2.24) is 9.97 Å². The lowest BCUT2D eigenvalue weighted by molar-refractivity contribution is -0.384. The molecule has 1 N–H and O–H groups in total. The van der Waals surface area contributed by atoms with Crippen LogP contribution in [0.1, 0.15) is 24.2 Å². The van der Waals surface area contributed by atoms with Crippen molar-refractivity contribution in [2.45, 2.75) is 19.9 Å². The maximum Gasteiger partial charge on any atom is 0.315 e. The molecule has 1 atom stereocenters. The van der Waals surface area contributed by atoms with Gasteiger partial charge in [-0.3, -0.25) is 10.1 Å². The second kappa shape index (κ2) is 9.35. The molecule has 0 aromatic carbocycles. The highest BCUT2D eigenvalue weighted by molar-refractivity contribution is 9.10. The zero-order valence-corrected chi connectivity index (χ0v) is 18.7. The zero-order valence-electron chi connectivity index (χ0n) is 16.3. The Bertz CT molecular complexity index is 1020. The summed E-state index contributed by atoms with van der Waals surface area (Å²) >= 11 is 3.22. The number of hydrogen-bond donors (Lipinski definition) is 1. The highest BCUT2D eigenvalue weighted by Gasteiger charge is 2.27. The predicted molar refractivity (Wildman–Crippen MR) is 111 cm³/mol. The minimum absolute atomic E-state index is 0.0556. The first kappa shape index (κ1) is 22.8. The molecule has 0 aliphatic rings. The average Bonchev–Trinajstić information content (AvgIpc) is 2.63. The first-order valence-electron chi connectivity index (χ1n) is 8.48. The topological polar surface area (TPSA) is 134 Å². The highest BCUT2D eigenvalue weighted by Crippen LogP contribution is 2.34. The normalized spacial score (nSPS) is 12.3. The van der Waals surface area contributed by atoms with Crippen LogP contribution in [0.25, 0.3) is 0 Å². The highest BCUT2D eigenvalue weighted by atomic mass is 79.9. The Balaban J connectivity index is 2.55. The average molecular weight is 489 g/mol. The van der Waals surface area contributed by atoms with Crippen molar-refractivity contribution < 1.29 is 22.8 Å². The molecule has 0 saturated heterocycles. The van der Waals surface area contributed by atoms with Gasteiger partial charge < -0.3 is 14.8 Å². The summed E-state index contributed by atoms with van der Waals surface area (Å²) in [6.07, 6.45) is 2.48. The summed E-state index contributed by atoms with van der Waals surface area (Å²) in [5, 5.41) is 14.4. The molecule has 0 aliphatic carbocycles. The van der Waals surface area contributed by atoms with Gasteiger partial charge in [-0.1, -0.05) is 0 Å². The summed E-state index contributed by atoms with van der Waals surface area (Å²) in [6, 6.07) is 2.27. The molecular formula is C17H21BrN4O6S. The summed E-state index contributed by atoms with van der Waals surface area (Å²) in [5.41, 5.74) is 0.427. The number of nitrogens with zero attached hydrogens (tertiary/aromatic N) is 3. The fraction of sp³-hybridized carbons (Fsp3) is 0.412. The summed E-state index contributed by atoms with van der Waals surface area (Å²) < 4.78 is 35.1. The molecule has 2 heterocycles. The van der Waals surface area contributed by atoms with E-state index < -0.39 is 20.8 Å². The molecule has 10 nitrogen and oxygen atoms in total. The van der Waals surface area contributed by atoms with E-state index in [0.29, 0.717) is 28.1 Å². The SMILES string of the molecule is CCOc1nc([C@@H](CS(C)(=O)=O)Nc2ncc(Br)c(C)c2[N+](=O)[O-])ccc1OC. The molecular weight excluding hydrogens is 468 g/mol. The van der Waals surface area contributed by atoms with Gasteiger partial charge in [0.15, 0.2) is 5.75 Å². The largest absolute Gasteiger partial charge is 0.491 e. The molecule has 12 heteroatoms. The Morgan fingerprint density at radius 1 is 1.38 bits per heavy atom. The van der Waals surface area contributed by atoms with Gasteiger partial charge in [0.05, 0.1) is 36.1 Å². The van der Waals surface area contributed by atoms with Crippen molar-refractivity contribution in [2.75, 3.05) is 31.0 Å². The first-order valence-corrected chi connectivity index (χ1v) is 11.3. The lowest BCUT2D eigenvalue weighted by atomic mass is 10.2. The number of pyridine rings is 2. The Morgan fingerprint density at radius 3 is 2.62 bits per heavy atom. The molecule has 0 amide bonds. The van der Waals surface area contributed by atoms with Crippen LogP contribution in [-0.2, 0) is 9.84 Å². The van der Waals surface area contributed by atoms with Crippen LogP contribution in [-0.4, -0.2) is 49.0 Å². The molecule has 2 aromatic heterocycles. The Hall–Kier alpha value is -2.47. The van der Waals surface area contributed by atoms with Crippen LogP contribution in [0.2, 0.25) is 0 Å². The van der Waals surface area contributed by atoms with Crippen LogP contribution < -0.4 is 14.8 Å². The summed E-state index contributed by atoms with van der Waals surface area (Å²) in [6.45, 7) is 3.67. The third-order valence-corrected chi connectivity index (χ3v) is 5.65. The van der Waals surface area contributed by atoms with Crippen LogP contribution in [0.4, 0.5) is 11.5 Å². The molecule has 0 radical (unpaired) electrons. The lowest BCUT2D eigenvalue weighted by Gasteiger charge is -2.20. The minimum atomic E-state index is -3.47. The number of sulfone groups is 1. The van der Waals surface area contributed by atoms with E-state index >= 15 is 0 Å². The van der Waals surface area contributed by atoms with Crippen LogP contribution in [0.3, 0.4) is 0 Å². The number of aromatic nitrogens is 2. The van der Waals surface area contributed by atoms with Gasteiger partial charge in [0.2, 0.25) is 5.82 Å². The predicted octanol–water partition coefficient (Wildman–Crippen LogP) is 3.06. The number of ether oxygens (including phenoxy) is 2. The van der Waals surface area contributed by atoms with E-state index in [9.17, 15) is 18.5 Å². The monoisotopic (exact) mass is 488 g/mol. The van der Waals surface area contributed by atoms with Crippen molar-refractivity contribution in [1.29, 1.82) is 0 Å². The number of anilines is 1. The fourth-order valence-electron chi connectivity index (χ4n) is 2.60. The van der Waals surface area contributed by atoms with Crippen molar-refractivity contribution in [3.8, 4) is 11.6 Å².